The van der Waals surface area contributed by atoms with Crippen molar-refractivity contribution in [2.75, 3.05) is 5.32 Å². The van der Waals surface area contributed by atoms with Crippen LogP contribution in [0, 0.1) is 31.0 Å². The third-order valence-corrected chi connectivity index (χ3v) is 5.00. The van der Waals surface area contributed by atoms with Crippen molar-refractivity contribution in [3.63, 3.8) is 0 Å². The molecule has 4 nitrogen and oxygen atoms in total. The second-order valence-electron chi connectivity index (χ2n) is 7.00. The van der Waals surface area contributed by atoms with Crippen LogP contribution >= 0.6 is 11.6 Å². The molecule has 3 aromatic rings. The lowest BCUT2D eigenvalue weighted by Gasteiger charge is -2.10. The molecule has 0 aliphatic heterocycles. The Balaban J connectivity index is 1.69. The van der Waals surface area contributed by atoms with E-state index in [0.717, 1.165) is 11.1 Å². The summed E-state index contributed by atoms with van der Waals surface area (Å²) in [7, 11) is 0. The van der Waals surface area contributed by atoms with Crippen molar-refractivity contribution in [1.29, 1.82) is 5.26 Å². The summed E-state index contributed by atoms with van der Waals surface area (Å²) in [6, 6.07) is 18.9. The minimum Gasteiger partial charge on any atom is -0.489 e. The molecule has 0 atom stereocenters. The summed E-state index contributed by atoms with van der Waals surface area (Å²) in [5.74, 6) is -0.402. The minimum atomic E-state index is -0.481. The van der Waals surface area contributed by atoms with E-state index in [2.05, 4.69) is 5.32 Å². The van der Waals surface area contributed by atoms with Crippen LogP contribution in [0.5, 0.6) is 5.75 Å². The van der Waals surface area contributed by atoms with Gasteiger partial charge in [0.1, 0.15) is 29.8 Å². The van der Waals surface area contributed by atoms with E-state index >= 15 is 0 Å². The molecular weight excluding hydrogens is 415 g/mol. The maximum absolute atomic E-state index is 13.8. The Kier molecular flexibility index (Phi) is 7.07. The molecule has 0 unspecified atom stereocenters. The molecule has 0 aliphatic rings. The number of ether oxygens (including phenoxy) is 1. The van der Waals surface area contributed by atoms with Crippen LogP contribution in [-0.2, 0) is 11.4 Å². The smallest absolute Gasteiger partial charge is 0.266 e. The van der Waals surface area contributed by atoms with Crippen molar-refractivity contribution in [3.8, 4) is 11.8 Å². The van der Waals surface area contributed by atoms with Gasteiger partial charge in [-0.25, -0.2) is 4.39 Å². The van der Waals surface area contributed by atoms with Crippen LogP contribution in [-0.4, -0.2) is 5.91 Å². The minimum absolute atomic E-state index is 0.0115. The second kappa shape index (κ2) is 9.92. The fourth-order valence-corrected chi connectivity index (χ4v) is 3.08. The van der Waals surface area contributed by atoms with Gasteiger partial charge >= 0.3 is 0 Å². The number of rotatable bonds is 6. The highest BCUT2D eigenvalue weighted by atomic mass is 35.5. The van der Waals surface area contributed by atoms with Gasteiger partial charge in [-0.05, 0) is 66.9 Å². The molecule has 0 aliphatic carbocycles. The zero-order chi connectivity index (χ0) is 22.4. The average Bonchev–Trinajstić information content (AvgIpc) is 2.75. The van der Waals surface area contributed by atoms with Crippen LogP contribution in [0.3, 0.4) is 0 Å². The molecule has 156 valence electrons. The van der Waals surface area contributed by atoms with Gasteiger partial charge in [-0.15, -0.1) is 0 Å². The number of hydrogen-bond acceptors (Lipinski definition) is 3. The molecule has 0 saturated carbocycles. The number of nitrogens with zero attached hydrogens (tertiary/aromatic N) is 1. The maximum Gasteiger partial charge on any atom is 0.266 e. The molecule has 0 fully saturated rings. The second-order valence-corrected chi connectivity index (χ2v) is 7.41. The lowest BCUT2D eigenvalue weighted by molar-refractivity contribution is -0.112. The number of amides is 1. The maximum atomic E-state index is 13.8. The van der Waals surface area contributed by atoms with Crippen molar-refractivity contribution >= 4 is 29.3 Å². The molecule has 1 N–H and O–H groups in total. The van der Waals surface area contributed by atoms with Crippen molar-refractivity contribution in [2.45, 2.75) is 20.5 Å². The highest BCUT2D eigenvalue weighted by Crippen LogP contribution is 2.22. The Morgan fingerprint density at radius 3 is 2.58 bits per heavy atom. The van der Waals surface area contributed by atoms with Crippen LogP contribution < -0.4 is 10.1 Å². The van der Waals surface area contributed by atoms with Gasteiger partial charge in [0, 0.05) is 11.3 Å². The summed E-state index contributed by atoms with van der Waals surface area (Å²) in [6.07, 6.45) is 1.50. The van der Waals surface area contributed by atoms with Crippen molar-refractivity contribution in [1.82, 2.24) is 0 Å². The summed E-state index contributed by atoms with van der Waals surface area (Å²) in [4.78, 5) is 12.5. The van der Waals surface area contributed by atoms with Gasteiger partial charge < -0.3 is 10.1 Å². The Bertz CT molecular complexity index is 1160. The van der Waals surface area contributed by atoms with Gasteiger partial charge in [-0.1, -0.05) is 41.9 Å². The summed E-state index contributed by atoms with van der Waals surface area (Å²) < 4.78 is 19.4. The standard InChI is InChI=1S/C25H20ClFN2O2/c1-16-6-7-17(2)24(12-16)29-25(30)19(14-28)13-18-8-10-20(11-9-18)31-15-21-22(26)4-3-5-23(21)27/h3-13H,15H2,1-2H3,(H,29,30)/b19-13-. The summed E-state index contributed by atoms with van der Waals surface area (Å²) in [5, 5.41) is 12.5. The Morgan fingerprint density at radius 2 is 1.90 bits per heavy atom. The van der Waals surface area contributed by atoms with Gasteiger partial charge in [0.15, 0.2) is 0 Å². The highest BCUT2D eigenvalue weighted by molar-refractivity contribution is 6.31. The van der Waals surface area contributed by atoms with Crippen LogP contribution in [0.4, 0.5) is 10.1 Å². The Labute approximate surface area is 185 Å². The van der Waals surface area contributed by atoms with Crippen molar-refractivity contribution in [3.05, 3.63) is 99.3 Å². The summed E-state index contributed by atoms with van der Waals surface area (Å²) in [5.41, 5.74) is 3.50. The molecule has 0 radical (unpaired) electrons. The molecule has 1 amide bonds. The predicted octanol–water partition coefficient (Wildman–Crippen LogP) is 6.22. The number of hydrogen-bond donors (Lipinski definition) is 1. The molecular formula is C25H20ClFN2O2. The van der Waals surface area contributed by atoms with Gasteiger partial charge in [0.25, 0.3) is 5.91 Å². The predicted molar refractivity (Wildman–Crippen MR) is 120 cm³/mol. The summed E-state index contributed by atoms with van der Waals surface area (Å²) >= 11 is 6.00. The quantitative estimate of drug-likeness (QED) is 0.370. The first-order valence-electron chi connectivity index (χ1n) is 9.53. The number of carbonyl (C=O) groups is 1. The van der Waals surface area contributed by atoms with E-state index in [0.29, 0.717) is 22.0 Å². The third kappa shape index (κ3) is 5.71. The van der Waals surface area contributed by atoms with E-state index in [1.807, 2.05) is 38.1 Å². The average molecular weight is 435 g/mol. The van der Waals surface area contributed by atoms with Crippen molar-refractivity contribution in [2.24, 2.45) is 0 Å². The Hall–Kier alpha value is -3.62. The Morgan fingerprint density at radius 1 is 1.16 bits per heavy atom. The van der Waals surface area contributed by atoms with E-state index in [9.17, 15) is 14.4 Å². The number of nitrogens with one attached hydrogen (secondary N) is 1. The van der Waals surface area contributed by atoms with Gasteiger partial charge in [-0.2, -0.15) is 5.26 Å². The van der Waals surface area contributed by atoms with E-state index in [1.165, 1.54) is 18.2 Å². The lowest BCUT2D eigenvalue weighted by Crippen LogP contribution is -2.14. The fourth-order valence-electron chi connectivity index (χ4n) is 2.86. The lowest BCUT2D eigenvalue weighted by atomic mass is 10.1. The van der Waals surface area contributed by atoms with Gasteiger partial charge in [0.05, 0.1) is 5.02 Å². The van der Waals surface area contributed by atoms with Gasteiger partial charge in [0.2, 0.25) is 0 Å². The first kappa shape index (κ1) is 22.1. The highest BCUT2D eigenvalue weighted by Gasteiger charge is 2.11. The first-order chi connectivity index (χ1) is 14.9. The molecule has 6 heteroatoms. The van der Waals surface area contributed by atoms with Crippen molar-refractivity contribution < 1.29 is 13.9 Å². The van der Waals surface area contributed by atoms with E-state index in [-0.39, 0.29) is 17.7 Å². The number of aryl methyl sites for hydroxylation is 2. The monoisotopic (exact) mass is 434 g/mol. The number of halogens is 2. The zero-order valence-electron chi connectivity index (χ0n) is 17.1. The molecule has 3 rings (SSSR count). The molecule has 0 spiro atoms. The first-order valence-corrected chi connectivity index (χ1v) is 9.91. The number of nitriles is 1. The zero-order valence-corrected chi connectivity index (χ0v) is 17.8. The van der Waals surface area contributed by atoms with Crippen LogP contribution in [0.15, 0.2) is 66.2 Å². The van der Waals surface area contributed by atoms with E-state index < -0.39 is 11.7 Å². The topological polar surface area (TPSA) is 62.1 Å². The third-order valence-electron chi connectivity index (χ3n) is 4.64. The van der Waals surface area contributed by atoms with Gasteiger partial charge in [-0.3, -0.25) is 4.79 Å². The van der Waals surface area contributed by atoms with E-state index in [4.69, 9.17) is 16.3 Å². The largest absolute Gasteiger partial charge is 0.489 e. The molecule has 0 saturated heterocycles. The van der Waals surface area contributed by atoms with Crippen LogP contribution in [0.25, 0.3) is 6.08 Å². The molecule has 31 heavy (non-hydrogen) atoms. The fraction of sp³-hybridized carbons (Fsp3) is 0.120. The molecule has 0 bridgehead atoms. The number of anilines is 1. The number of benzene rings is 3. The molecule has 3 aromatic carbocycles. The van der Waals surface area contributed by atoms with Crippen LogP contribution in [0.1, 0.15) is 22.3 Å². The molecule has 0 heterocycles. The normalized spacial score (nSPS) is 11.0. The SMILES string of the molecule is Cc1ccc(C)c(NC(=O)/C(C#N)=C\c2ccc(OCc3c(F)cccc3Cl)cc2)c1. The summed E-state index contributed by atoms with van der Waals surface area (Å²) in [6.45, 7) is 3.81. The number of carbonyl (C=O) groups excluding carboxylic acids is 1. The molecule has 0 aromatic heterocycles. The van der Waals surface area contributed by atoms with Crippen LogP contribution in [0.2, 0.25) is 5.02 Å². The van der Waals surface area contributed by atoms with E-state index in [1.54, 1.807) is 30.3 Å².